The molecule has 24 heavy (non-hydrogen) atoms. The molecule has 0 aliphatic carbocycles. The number of nitrogens with zero attached hydrogens (tertiary/aromatic N) is 3. The highest BCUT2D eigenvalue weighted by molar-refractivity contribution is 7.15. The van der Waals surface area contributed by atoms with Gasteiger partial charge in [0.1, 0.15) is 5.75 Å². The molecule has 0 saturated heterocycles. The Morgan fingerprint density at radius 1 is 1.25 bits per heavy atom. The number of hydrogen-bond acceptors (Lipinski definition) is 6. The van der Waals surface area contributed by atoms with Gasteiger partial charge in [0.25, 0.3) is 5.56 Å². The number of thiophene rings is 1. The second kappa shape index (κ2) is 6.18. The molecule has 0 atom stereocenters. The molecule has 0 bridgehead atoms. The second-order valence-corrected chi connectivity index (χ2v) is 7.01. The minimum absolute atomic E-state index is 0.131. The fourth-order valence-electron chi connectivity index (χ4n) is 2.33. The van der Waals surface area contributed by atoms with Crippen LogP contribution in [0.5, 0.6) is 5.75 Å². The maximum absolute atomic E-state index is 12.5. The Labute approximate surface area is 145 Å². The van der Waals surface area contributed by atoms with Gasteiger partial charge < -0.3 is 4.74 Å². The highest BCUT2D eigenvalue weighted by Gasteiger charge is 2.12. The van der Waals surface area contributed by atoms with Gasteiger partial charge in [-0.1, -0.05) is 17.4 Å². The Morgan fingerprint density at radius 2 is 2.08 bits per heavy atom. The summed E-state index contributed by atoms with van der Waals surface area (Å²) in [5.41, 5.74) is 0.727. The predicted octanol–water partition coefficient (Wildman–Crippen LogP) is 2.83. The van der Waals surface area contributed by atoms with Crippen LogP contribution in [0.3, 0.4) is 0 Å². The number of aromatic nitrogens is 3. The molecule has 0 aliphatic rings. The first-order valence-corrected chi connectivity index (χ1v) is 9.12. The van der Waals surface area contributed by atoms with Gasteiger partial charge in [-0.3, -0.25) is 4.79 Å². The average molecular weight is 355 g/mol. The van der Waals surface area contributed by atoms with Crippen molar-refractivity contribution in [3.8, 4) is 17.1 Å². The van der Waals surface area contributed by atoms with Crippen LogP contribution < -0.4 is 14.8 Å². The zero-order valence-electron chi connectivity index (χ0n) is 12.8. The molecule has 0 N–H and O–H groups in total. The zero-order chi connectivity index (χ0) is 16.5. The Hall–Kier alpha value is -2.51. The molecule has 5 nitrogen and oxygen atoms in total. The van der Waals surface area contributed by atoms with Crippen molar-refractivity contribution in [2.45, 2.75) is 6.92 Å². The quantitative estimate of drug-likeness (QED) is 0.565. The molecule has 3 aromatic heterocycles. The van der Waals surface area contributed by atoms with E-state index in [1.165, 1.54) is 15.9 Å². The van der Waals surface area contributed by atoms with Crippen LogP contribution >= 0.6 is 22.7 Å². The summed E-state index contributed by atoms with van der Waals surface area (Å²) in [6.45, 7) is 2.57. The average Bonchev–Trinajstić information content (AvgIpc) is 3.29. The van der Waals surface area contributed by atoms with Gasteiger partial charge in [0, 0.05) is 10.4 Å². The summed E-state index contributed by atoms with van der Waals surface area (Å²) in [6, 6.07) is 11.5. The normalized spacial score (nSPS) is 12.1. The molecule has 0 fully saturated rings. The summed E-state index contributed by atoms with van der Waals surface area (Å²) in [5, 5.41) is 6.34. The predicted molar refractivity (Wildman–Crippen MR) is 96.8 cm³/mol. The smallest absolute Gasteiger partial charge is 0.291 e. The Morgan fingerprint density at radius 3 is 2.75 bits per heavy atom. The van der Waals surface area contributed by atoms with Crippen molar-refractivity contribution in [1.29, 1.82) is 0 Å². The molecule has 7 heteroatoms. The SMILES string of the molecule is CCOc1ccc(-c2nc3sc(=Cc4cccs4)c(=O)n3n2)cc1. The fraction of sp³-hybridized carbons (Fsp3) is 0.118. The zero-order valence-corrected chi connectivity index (χ0v) is 14.4. The van der Waals surface area contributed by atoms with Crippen LogP contribution in [0, 0.1) is 0 Å². The van der Waals surface area contributed by atoms with Gasteiger partial charge in [0.2, 0.25) is 4.96 Å². The first kappa shape index (κ1) is 15.0. The molecule has 4 aromatic rings. The molecular formula is C17H13N3O2S2. The number of ether oxygens (including phenoxy) is 1. The lowest BCUT2D eigenvalue weighted by Crippen LogP contribution is -2.23. The molecule has 0 spiro atoms. The van der Waals surface area contributed by atoms with Gasteiger partial charge in [-0.15, -0.1) is 16.4 Å². The summed E-state index contributed by atoms with van der Waals surface area (Å²) >= 11 is 2.95. The van der Waals surface area contributed by atoms with Crippen LogP contribution in [-0.4, -0.2) is 21.2 Å². The number of fused-ring (bicyclic) bond motifs is 1. The summed E-state index contributed by atoms with van der Waals surface area (Å²) in [7, 11) is 0. The molecule has 0 saturated carbocycles. The summed E-state index contributed by atoms with van der Waals surface area (Å²) in [6.07, 6.45) is 1.88. The van der Waals surface area contributed by atoms with Crippen LogP contribution in [-0.2, 0) is 0 Å². The highest BCUT2D eigenvalue weighted by Crippen LogP contribution is 2.20. The minimum atomic E-state index is -0.131. The van der Waals surface area contributed by atoms with Crippen LogP contribution in [0.15, 0.2) is 46.6 Å². The van der Waals surface area contributed by atoms with E-state index in [-0.39, 0.29) is 5.56 Å². The fourth-order valence-corrected chi connectivity index (χ4v) is 3.96. The van der Waals surface area contributed by atoms with Crippen LogP contribution in [0.1, 0.15) is 11.8 Å². The molecule has 4 rings (SSSR count). The van der Waals surface area contributed by atoms with Crippen molar-refractivity contribution < 1.29 is 4.74 Å². The third-order valence-electron chi connectivity index (χ3n) is 3.42. The van der Waals surface area contributed by atoms with Gasteiger partial charge in [-0.25, -0.2) is 0 Å². The van der Waals surface area contributed by atoms with E-state index < -0.39 is 0 Å². The van der Waals surface area contributed by atoms with E-state index in [2.05, 4.69) is 10.1 Å². The Kier molecular flexibility index (Phi) is 3.87. The van der Waals surface area contributed by atoms with Crippen LogP contribution in [0.2, 0.25) is 0 Å². The maximum atomic E-state index is 12.5. The third-order valence-corrected chi connectivity index (χ3v) is 5.20. The molecule has 0 aliphatic heterocycles. The van der Waals surface area contributed by atoms with Crippen molar-refractivity contribution in [1.82, 2.24) is 14.6 Å². The standard InChI is InChI=1S/C17H13N3O2S2/c1-2-22-12-7-5-11(6-8-12)15-18-17-20(19-15)16(21)14(24-17)10-13-4-3-9-23-13/h3-10H,2H2,1H3. The second-order valence-electron chi connectivity index (χ2n) is 5.02. The molecular weight excluding hydrogens is 342 g/mol. The van der Waals surface area contributed by atoms with Crippen molar-refractivity contribution in [3.05, 3.63) is 61.5 Å². The molecule has 0 radical (unpaired) electrons. The summed E-state index contributed by atoms with van der Waals surface area (Å²) in [4.78, 5) is 18.6. The number of hydrogen-bond donors (Lipinski definition) is 0. The van der Waals surface area contributed by atoms with Gasteiger partial charge in [0.15, 0.2) is 5.82 Å². The first-order valence-electron chi connectivity index (χ1n) is 7.42. The lowest BCUT2D eigenvalue weighted by molar-refractivity contribution is 0.340. The Bertz CT molecular complexity index is 1080. The minimum Gasteiger partial charge on any atom is -0.494 e. The molecule has 0 unspecified atom stereocenters. The molecule has 0 amide bonds. The van der Waals surface area contributed by atoms with Crippen LogP contribution in [0.4, 0.5) is 0 Å². The van der Waals surface area contributed by atoms with Gasteiger partial charge in [-0.05, 0) is 48.7 Å². The largest absolute Gasteiger partial charge is 0.494 e. The molecule has 1 aromatic carbocycles. The van der Waals surface area contributed by atoms with E-state index in [4.69, 9.17) is 4.74 Å². The maximum Gasteiger partial charge on any atom is 0.291 e. The van der Waals surface area contributed by atoms with Crippen molar-refractivity contribution >= 4 is 33.7 Å². The molecule has 3 heterocycles. The monoisotopic (exact) mass is 355 g/mol. The van der Waals surface area contributed by atoms with Crippen molar-refractivity contribution in [2.24, 2.45) is 0 Å². The lowest BCUT2D eigenvalue weighted by Gasteiger charge is -2.02. The van der Waals surface area contributed by atoms with Crippen LogP contribution in [0.25, 0.3) is 22.4 Å². The van der Waals surface area contributed by atoms with E-state index in [1.807, 2.05) is 54.8 Å². The highest BCUT2D eigenvalue weighted by atomic mass is 32.1. The lowest BCUT2D eigenvalue weighted by atomic mass is 10.2. The molecule has 120 valence electrons. The summed E-state index contributed by atoms with van der Waals surface area (Å²) in [5.74, 6) is 1.35. The van der Waals surface area contributed by atoms with Gasteiger partial charge >= 0.3 is 0 Å². The number of benzene rings is 1. The number of thiazole rings is 1. The Balaban J connectivity index is 1.73. The van der Waals surface area contributed by atoms with E-state index in [1.54, 1.807) is 11.3 Å². The first-order chi connectivity index (χ1) is 11.7. The topological polar surface area (TPSA) is 56.5 Å². The van der Waals surface area contributed by atoms with E-state index in [0.717, 1.165) is 16.2 Å². The third kappa shape index (κ3) is 2.72. The van der Waals surface area contributed by atoms with E-state index >= 15 is 0 Å². The number of rotatable bonds is 4. The van der Waals surface area contributed by atoms with E-state index in [0.29, 0.717) is 21.9 Å². The van der Waals surface area contributed by atoms with Crippen molar-refractivity contribution in [2.75, 3.05) is 6.61 Å². The van der Waals surface area contributed by atoms with Gasteiger partial charge in [-0.2, -0.15) is 9.50 Å². The van der Waals surface area contributed by atoms with Crippen molar-refractivity contribution in [3.63, 3.8) is 0 Å². The summed E-state index contributed by atoms with van der Waals surface area (Å²) < 4.78 is 7.44. The van der Waals surface area contributed by atoms with E-state index in [9.17, 15) is 4.79 Å². The van der Waals surface area contributed by atoms with Gasteiger partial charge in [0.05, 0.1) is 11.1 Å².